The SMILES string of the molecule is CCC(C)Nc1nc(-c2cccc([N+](=O)[O-])c2)nc(Cl)c1N. The Labute approximate surface area is 132 Å². The number of nitrogens with two attached hydrogens (primary N) is 1. The molecule has 0 bridgehead atoms. The fraction of sp³-hybridized carbons (Fsp3) is 0.286. The molecule has 2 aromatic rings. The van der Waals surface area contributed by atoms with Gasteiger partial charge in [-0.05, 0) is 13.3 Å². The lowest BCUT2D eigenvalue weighted by Crippen LogP contribution is -2.16. The molecule has 0 saturated carbocycles. The van der Waals surface area contributed by atoms with Crippen LogP contribution in [-0.2, 0) is 0 Å². The highest BCUT2D eigenvalue weighted by molar-refractivity contribution is 6.32. The molecule has 0 aliphatic rings. The van der Waals surface area contributed by atoms with Crippen molar-refractivity contribution >= 4 is 28.8 Å². The van der Waals surface area contributed by atoms with Gasteiger partial charge in [-0.25, -0.2) is 9.97 Å². The van der Waals surface area contributed by atoms with Gasteiger partial charge in [0.25, 0.3) is 5.69 Å². The molecule has 1 aromatic carbocycles. The summed E-state index contributed by atoms with van der Waals surface area (Å²) in [4.78, 5) is 18.8. The molecular weight excluding hydrogens is 306 g/mol. The Morgan fingerprint density at radius 3 is 2.82 bits per heavy atom. The third kappa shape index (κ3) is 3.43. The van der Waals surface area contributed by atoms with Gasteiger partial charge in [-0.2, -0.15) is 0 Å². The van der Waals surface area contributed by atoms with Gasteiger partial charge in [-0.1, -0.05) is 30.7 Å². The molecule has 0 aliphatic heterocycles. The zero-order chi connectivity index (χ0) is 16.3. The van der Waals surface area contributed by atoms with Gasteiger partial charge in [0.15, 0.2) is 16.8 Å². The summed E-state index contributed by atoms with van der Waals surface area (Å²) in [5, 5.41) is 14.1. The van der Waals surface area contributed by atoms with Crippen LogP contribution in [0.15, 0.2) is 24.3 Å². The number of benzene rings is 1. The molecule has 8 heteroatoms. The average Bonchev–Trinajstić information content (AvgIpc) is 2.51. The van der Waals surface area contributed by atoms with Crippen LogP contribution in [0.25, 0.3) is 11.4 Å². The van der Waals surface area contributed by atoms with Crippen LogP contribution in [-0.4, -0.2) is 20.9 Å². The standard InChI is InChI=1S/C14H16ClN5O2/c1-3-8(2)17-14-11(16)12(15)18-13(19-14)9-5-4-6-10(7-9)20(21)22/h4-8H,3,16H2,1-2H3,(H,17,18,19). The van der Waals surface area contributed by atoms with Crippen molar-refractivity contribution in [3.8, 4) is 11.4 Å². The minimum Gasteiger partial charge on any atom is -0.393 e. The van der Waals surface area contributed by atoms with E-state index in [-0.39, 0.29) is 28.4 Å². The van der Waals surface area contributed by atoms with Gasteiger partial charge in [0, 0.05) is 23.7 Å². The van der Waals surface area contributed by atoms with Crippen LogP contribution in [0.2, 0.25) is 5.15 Å². The highest BCUT2D eigenvalue weighted by atomic mass is 35.5. The quantitative estimate of drug-likeness (QED) is 0.496. The molecule has 0 amide bonds. The molecule has 1 unspecified atom stereocenters. The second-order valence-corrected chi connectivity index (χ2v) is 5.22. The van der Waals surface area contributed by atoms with Gasteiger partial charge in [-0.15, -0.1) is 0 Å². The fourth-order valence-corrected chi connectivity index (χ4v) is 1.94. The Morgan fingerprint density at radius 2 is 2.18 bits per heavy atom. The zero-order valence-electron chi connectivity index (χ0n) is 12.2. The van der Waals surface area contributed by atoms with Crippen LogP contribution in [0, 0.1) is 10.1 Å². The maximum atomic E-state index is 10.9. The van der Waals surface area contributed by atoms with Crippen molar-refractivity contribution in [1.29, 1.82) is 0 Å². The maximum absolute atomic E-state index is 10.9. The molecule has 0 radical (unpaired) electrons. The van der Waals surface area contributed by atoms with E-state index in [0.717, 1.165) is 6.42 Å². The summed E-state index contributed by atoms with van der Waals surface area (Å²) in [5.41, 5.74) is 6.61. The minimum atomic E-state index is -0.472. The summed E-state index contributed by atoms with van der Waals surface area (Å²) < 4.78 is 0. The molecule has 1 aromatic heterocycles. The van der Waals surface area contributed by atoms with E-state index in [1.807, 2.05) is 13.8 Å². The first-order chi connectivity index (χ1) is 10.4. The van der Waals surface area contributed by atoms with E-state index >= 15 is 0 Å². The van der Waals surface area contributed by atoms with Gasteiger partial charge in [0.05, 0.1) is 4.92 Å². The number of nitro benzene ring substituents is 1. The van der Waals surface area contributed by atoms with Crippen LogP contribution in [0.3, 0.4) is 0 Å². The van der Waals surface area contributed by atoms with Crippen molar-refractivity contribution in [2.75, 3.05) is 11.1 Å². The van der Waals surface area contributed by atoms with E-state index in [9.17, 15) is 10.1 Å². The predicted molar refractivity (Wildman–Crippen MR) is 86.9 cm³/mol. The number of anilines is 2. The molecule has 1 atom stereocenters. The molecule has 1 heterocycles. The number of aromatic nitrogens is 2. The van der Waals surface area contributed by atoms with E-state index in [0.29, 0.717) is 11.4 Å². The fourth-order valence-electron chi connectivity index (χ4n) is 1.78. The zero-order valence-corrected chi connectivity index (χ0v) is 13.0. The Balaban J connectivity index is 2.47. The molecule has 3 N–H and O–H groups in total. The molecule has 0 spiro atoms. The maximum Gasteiger partial charge on any atom is 0.270 e. The molecule has 116 valence electrons. The number of rotatable bonds is 5. The van der Waals surface area contributed by atoms with Gasteiger partial charge < -0.3 is 11.1 Å². The predicted octanol–water partition coefficient (Wildman–Crippen LogP) is 3.50. The number of hydrogen-bond donors (Lipinski definition) is 2. The van der Waals surface area contributed by atoms with Crippen LogP contribution in [0.1, 0.15) is 20.3 Å². The second-order valence-electron chi connectivity index (χ2n) is 4.86. The first-order valence-corrected chi connectivity index (χ1v) is 7.14. The summed E-state index contributed by atoms with van der Waals surface area (Å²) in [6.07, 6.45) is 0.882. The summed E-state index contributed by atoms with van der Waals surface area (Å²) in [5.74, 6) is 0.713. The number of halogens is 1. The Bertz CT molecular complexity index is 708. The van der Waals surface area contributed by atoms with Gasteiger partial charge >= 0.3 is 0 Å². The van der Waals surface area contributed by atoms with E-state index in [1.165, 1.54) is 12.1 Å². The molecule has 0 fully saturated rings. The molecule has 2 rings (SSSR count). The van der Waals surface area contributed by atoms with E-state index in [4.69, 9.17) is 17.3 Å². The second kappa shape index (κ2) is 6.57. The highest BCUT2D eigenvalue weighted by Crippen LogP contribution is 2.29. The number of nitro groups is 1. The van der Waals surface area contributed by atoms with Crippen LogP contribution in [0.4, 0.5) is 17.2 Å². The van der Waals surface area contributed by atoms with Crippen LogP contribution in [0.5, 0.6) is 0 Å². The first-order valence-electron chi connectivity index (χ1n) is 6.76. The lowest BCUT2D eigenvalue weighted by Gasteiger charge is -2.15. The van der Waals surface area contributed by atoms with Crippen molar-refractivity contribution in [2.24, 2.45) is 0 Å². The summed E-state index contributed by atoms with van der Waals surface area (Å²) in [7, 11) is 0. The van der Waals surface area contributed by atoms with Crippen molar-refractivity contribution in [1.82, 2.24) is 9.97 Å². The molecule has 22 heavy (non-hydrogen) atoms. The van der Waals surface area contributed by atoms with Crippen molar-refractivity contribution in [3.63, 3.8) is 0 Å². The number of nitrogen functional groups attached to an aromatic ring is 1. The van der Waals surface area contributed by atoms with Gasteiger partial charge in [0.2, 0.25) is 0 Å². The van der Waals surface area contributed by atoms with Crippen molar-refractivity contribution in [3.05, 3.63) is 39.5 Å². The molecule has 0 saturated heterocycles. The topological polar surface area (TPSA) is 107 Å². The normalized spacial score (nSPS) is 12.0. The highest BCUT2D eigenvalue weighted by Gasteiger charge is 2.15. The lowest BCUT2D eigenvalue weighted by atomic mass is 10.2. The van der Waals surface area contributed by atoms with Gasteiger partial charge in [0.1, 0.15) is 5.69 Å². The minimum absolute atomic E-state index is 0.0366. The monoisotopic (exact) mass is 321 g/mol. The molecule has 7 nitrogen and oxygen atoms in total. The Kier molecular flexibility index (Phi) is 4.77. The Morgan fingerprint density at radius 1 is 1.45 bits per heavy atom. The van der Waals surface area contributed by atoms with Crippen LogP contribution < -0.4 is 11.1 Å². The summed E-state index contributed by atoms with van der Waals surface area (Å²) in [6, 6.07) is 6.21. The van der Waals surface area contributed by atoms with E-state index in [2.05, 4.69) is 15.3 Å². The van der Waals surface area contributed by atoms with Crippen LogP contribution >= 0.6 is 11.6 Å². The van der Waals surface area contributed by atoms with E-state index in [1.54, 1.807) is 12.1 Å². The van der Waals surface area contributed by atoms with Crippen molar-refractivity contribution < 1.29 is 4.92 Å². The first kappa shape index (κ1) is 16.0. The molecule has 0 aliphatic carbocycles. The molecular formula is C14H16ClN5O2. The largest absolute Gasteiger partial charge is 0.393 e. The van der Waals surface area contributed by atoms with Gasteiger partial charge in [-0.3, -0.25) is 10.1 Å². The lowest BCUT2D eigenvalue weighted by molar-refractivity contribution is -0.384. The third-order valence-electron chi connectivity index (χ3n) is 3.21. The number of nitrogens with zero attached hydrogens (tertiary/aromatic N) is 3. The Hall–Kier alpha value is -2.41. The summed E-state index contributed by atoms with van der Waals surface area (Å²) >= 11 is 6.05. The number of nitrogens with one attached hydrogen (secondary N) is 1. The average molecular weight is 322 g/mol. The smallest absolute Gasteiger partial charge is 0.270 e. The van der Waals surface area contributed by atoms with Crippen molar-refractivity contribution in [2.45, 2.75) is 26.3 Å². The number of hydrogen-bond acceptors (Lipinski definition) is 6. The summed E-state index contributed by atoms with van der Waals surface area (Å²) in [6.45, 7) is 4.01. The third-order valence-corrected chi connectivity index (χ3v) is 3.50. The van der Waals surface area contributed by atoms with E-state index < -0.39 is 4.92 Å². The number of non-ortho nitro benzene ring substituents is 1.